The third-order valence-corrected chi connectivity index (χ3v) is 4.58. The van der Waals surface area contributed by atoms with Crippen LogP contribution in [0.25, 0.3) is 5.82 Å². The van der Waals surface area contributed by atoms with Gasteiger partial charge in [-0.25, -0.2) is 9.36 Å². The van der Waals surface area contributed by atoms with Gasteiger partial charge in [0.1, 0.15) is 5.75 Å². The summed E-state index contributed by atoms with van der Waals surface area (Å²) in [6.07, 6.45) is -0.656. The molecule has 2 heterocycles. The Morgan fingerprint density at radius 2 is 1.77 bits per heavy atom. The maximum absolute atomic E-state index is 12.4. The van der Waals surface area contributed by atoms with Crippen LogP contribution in [0.1, 0.15) is 29.4 Å². The lowest BCUT2D eigenvalue weighted by Crippen LogP contribution is -2.39. The summed E-state index contributed by atoms with van der Waals surface area (Å²) < 4.78 is 8.75. The lowest BCUT2D eigenvalue weighted by Gasteiger charge is -2.16. The number of hydrogen-bond donors (Lipinski definition) is 1. The molecule has 3 aromatic rings. The highest BCUT2D eigenvalue weighted by molar-refractivity contribution is 5.80. The van der Waals surface area contributed by atoms with Gasteiger partial charge in [-0.15, -0.1) is 5.10 Å². The van der Waals surface area contributed by atoms with E-state index in [1.807, 2.05) is 52.0 Å². The van der Waals surface area contributed by atoms with Crippen molar-refractivity contribution in [3.63, 3.8) is 0 Å². The number of rotatable bonds is 7. The van der Waals surface area contributed by atoms with Crippen LogP contribution >= 0.6 is 0 Å². The minimum atomic E-state index is -0.656. The van der Waals surface area contributed by atoms with E-state index in [0.29, 0.717) is 11.6 Å². The first-order chi connectivity index (χ1) is 14.2. The van der Waals surface area contributed by atoms with Crippen LogP contribution in [0.15, 0.2) is 41.2 Å². The summed E-state index contributed by atoms with van der Waals surface area (Å²) in [7, 11) is 0. The average molecular weight is 409 g/mol. The predicted molar refractivity (Wildman–Crippen MR) is 114 cm³/mol. The van der Waals surface area contributed by atoms with Crippen LogP contribution in [0.5, 0.6) is 5.75 Å². The van der Waals surface area contributed by atoms with Gasteiger partial charge in [0.05, 0.1) is 12.2 Å². The molecule has 1 N–H and O–H groups in total. The average Bonchev–Trinajstić information content (AvgIpc) is 3.00. The number of hydrogen-bond acceptors (Lipinski definition) is 5. The highest BCUT2D eigenvalue weighted by Crippen LogP contribution is 2.17. The number of aromatic nitrogens is 4. The van der Waals surface area contributed by atoms with Gasteiger partial charge in [0, 0.05) is 18.3 Å². The Hall–Kier alpha value is -3.42. The first kappa shape index (κ1) is 21.3. The van der Waals surface area contributed by atoms with Crippen molar-refractivity contribution in [1.82, 2.24) is 24.9 Å². The van der Waals surface area contributed by atoms with Gasteiger partial charge >= 0.3 is 0 Å². The molecule has 0 bridgehead atoms. The van der Waals surface area contributed by atoms with Crippen molar-refractivity contribution in [1.29, 1.82) is 0 Å². The molecular formula is C22H27N5O3. The Balaban J connectivity index is 1.60. The van der Waals surface area contributed by atoms with E-state index in [4.69, 9.17) is 4.74 Å². The number of ether oxygens (including phenoxy) is 1. The largest absolute Gasteiger partial charge is 0.481 e. The minimum Gasteiger partial charge on any atom is -0.481 e. The summed E-state index contributed by atoms with van der Waals surface area (Å²) >= 11 is 0. The highest BCUT2D eigenvalue weighted by atomic mass is 16.5. The first-order valence-corrected chi connectivity index (χ1v) is 9.87. The SMILES string of the molecule is Cc1cc(C)cc(OC(C)C(=O)NCCn2nc(-n3nc(C)cc3C)ccc2=O)c1. The molecule has 0 aliphatic heterocycles. The molecule has 1 aromatic carbocycles. The van der Waals surface area contributed by atoms with Crippen LogP contribution in [0.4, 0.5) is 0 Å². The molecular weight excluding hydrogens is 382 g/mol. The van der Waals surface area contributed by atoms with E-state index in [0.717, 1.165) is 22.5 Å². The van der Waals surface area contributed by atoms with Crippen LogP contribution in [0, 0.1) is 27.7 Å². The second-order valence-electron chi connectivity index (χ2n) is 7.47. The minimum absolute atomic E-state index is 0.242. The molecule has 1 amide bonds. The Labute approximate surface area is 175 Å². The molecule has 0 saturated heterocycles. The van der Waals surface area contributed by atoms with Crippen LogP contribution in [-0.4, -0.2) is 38.1 Å². The van der Waals surface area contributed by atoms with Crippen molar-refractivity contribution in [2.75, 3.05) is 6.54 Å². The Morgan fingerprint density at radius 3 is 2.40 bits per heavy atom. The van der Waals surface area contributed by atoms with Crippen molar-refractivity contribution in [3.05, 3.63) is 69.3 Å². The normalized spacial score (nSPS) is 11.9. The lowest BCUT2D eigenvalue weighted by molar-refractivity contribution is -0.127. The number of carbonyl (C=O) groups excluding carboxylic acids is 1. The highest BCUT2D eigenvalue weighted by Gasteiger charge is 2.15. The molecule has 0 aliphatic carbocycles. The molecule has 158 valence electrons. The van der Waals surface area contributed by atoms with Crippen LogP contribution < -0.4 is 15.6 Å². The van der Waals surface area contributed by atoms with Crippen molar-refractivity contribution in [2.45, 2.75) is 47.3 Å². The zero-order valence-electron chi connectivity index (χ0n) is 18.0. The fourth-order valence-electron chi connectivity index (χ4n) is 3.26. The van der Waals surface area contributed by atoms with E-state index in [2.05, 4.69) is 15.5 Å². The van der Waals surface area contributed by atoms with Gasteiger partial charge in [0.15, 0.2) is 11.9 Å². The van der Waals surface area contributed by atoms with Crippen molar-refractivity contribution >= 4 is 5.91 Å². The Kier molecular flexibility index (Phi) is 6.34. The fourth-order valence-corrected chi connectivity index (χ4v) is 3.26. The van der Waals surface area contributed by atoms with Gasteiger partial charge in [-0.05, 0) is 70.0 Å². The van der Waals surface area contributed by atoms with Gasteiger partial charge in [0.2, 0.25) is 0 Å². The van der Waals surface area contributed by atoms with E-state index < -0.39 is 6.10 Å². The van der Waals surface area contributed by atoms with Gasteiger partial charge in [-0.3, -0.25) is 9.59 Å². The molecule has 1 atom stereocenters. The second kappa shape index (κ2) is 8.94. The summed E-state index contributed by atoms with van der Waals surface area (Å²) in [4.78, 5) is 24.5. The van der Waals surface area contributed by atoms with E-state index in [1.165, 1.54) is 10.7 Å². The summed E-state index contributed by atoms with van der Waals surface area (Å²) in [5.41, 5.74) is 3.71. The Morgan fingerprint density at radius 1 is 1.07 bits per heavy atom. The summed E-state index contributed by atoms with van der Waals surface area (Å²) in [6.45, 7) is 9.98. The number of nitrogens with one attached hydrogen (secondary N) is 1. The topological polar surface area (TPSA) is 91.0 Å². The molecule has 2 aromatic heterocycles. The molecule has 0 saturated carbocycles. The van der Waals surface area contributed by atoms with E-state index in [1.54, 1.807) is 17.7 Å². The summed E-state index contributed by atoms with van der Waals surface area (Å²) in [5, 5.41) is 11.6. The summed E-state index contributed by atoms with van der Waals surface area (Å²) in [5.74, 6) is 0.959. The van der Waals surface area contributed by atoms with Crippen molar-refractivity contribution in [2.24, 2.45) is 0 Å². The number of amides is 1. The molecule has 0 radical (unpaired) electrons. The van der Waals surface area contributed by atoms with Crippen LogP contribution in [0.2, 0.25) is 0 Å². The van der Waals surface area contributed by atoms with E-state index in [-0.39, 0.29) is 24.6 Å². The van der Waals surface area contributed by atoms with Crippen molar-refractivity contribution in [3.8, 4) is 11.6 Å². The molecule has 0 spiro atoms. The maximum atomic E-state index is 12.4. The number of nitrogens with zero attached hydrogens (tertiary/aromatic N) is 4. The molecule has 0 aliphatic rings. The number of aryl methyl sites for hydroxylation is 4. The van der Waals surface area contributed by atoms with Gasteiger partial charge in [-0.1, -0.05) is 6.07 Å². The summed E-state index contributed by atoms with van der Waals surface area (Å²) in [6, 6.07) is 10.9. The molecule has 1 unspecified atom stereocenters. The fraction of sp³-hybridized carbons (Fsp3) is 0.364. The quantitative estimate of drug-likeness (QED) is 0.646. The molecule has 30 heavy (non-hydrogen) atoms. The monoisotopic (exact) mass is 409 g/mol. The first-order valence-electron chi connectivity index (χ1n) is 9.87. The van der Waals surface area contributed by atoms with Crippen molar-refractivity contribution < 1.29 is 9.53 Å². The second-order valence-corrected chi connectivity index (χ2v) is 7.47. The molecule has 8 heteroatoms. The van der Waals surface area contributed by atoms with Gasteiger partial charge in [-0.2, -0.15) is 5.10 Å². The zero-order chi connectivity index (χ0) is 21.8. The predicted octanol–water partition coefficient (Wildman–Crippen LogP) is 2.25. The van der Waals surface area contributed by atoms with Crippen LogP contribution in [0.3, 0.4) is 0 Å². The number of benzene rings is 1. The Bertz CT molecular complexity index is 1100. The standard InChI is InChI=1S/C22H27N5O3/c1-14-10-15(2)12-19(11-14)30-18(5)22(29)23-8-9-26-21(28)7-6-20(25-26)27-17(4)13-16(3)24-27/h6-7,10-13,18H,8-9H2,1-5H3,(H,23,29). The molecule has 0 fully saturated rings. The van der Waals surface area contributed by atoms with E-state index in [9.17, 15) is 9.59 Å². The molecule has 3 rings (SSSR count). The zero-order valence-corrected chi connectivity index (χ0v) is 18.0. The maximum Gasteiger partial charge on any atom is 0.266 e. The molecule has 8 nitrogen and oxygen atoms in total. The van der Waals surface area contributed by atoms with Gasteiger partial charge < -0.3 is 10.1 Å². The third kappa shape index (κ3) is 5.14. The lowest BCUT2D eigenvalue weighted by atomic mass is 10.1. The third-order valence-electron chi connectivity index (χ3n) is 4.58. The smallest absolute Gasteiger partial charge is 0.266 e. The van der Waals surface area contributed by atoms with Crippen LogP contribution in [-0.2, 0) is 11.3 Å². The van der Waals surface area contributed by atoms with Gasteiger partial charge in [0.25, 0.3) is 11.5 Å². The van der Waals surface area contributed by atoms with E-state index >= 15 is 0 Å². The number of carbonyl (C=O) groups is 1.